The third kappa shape index (κ3) is 1.87. The fraction of sp³-hybridized carbons (Fsp3) is 0.273. The molecular weight excluding hydrogens is 178 g/mol. The second-order valence-corrected chi connectivity index (χ2v) is 3.14. The molecule has 0 saturated heterocycles. The summed E-state index contributed by atoms with van der Waals surface area (Å²) in [4.78, 5) is 12.5. The molecule has 0 aliphatic heterocycles. The molecule has 3 heteroatoms. The van der Waals surface area contributed by atoms with Crippen LogP contribution in [-0.4, -0.2) is 13.2 Å². The highest BCUT2D eigenvalue weighted by Crippen LogP contribution is 2.24. The van der Waals surface area contributed by atoms with Gasteiger partial charge in [0.15, 0.2) is 0 Å². The monoisotopic (exact) mass is 192 g/mol. The minimum atomic E-state index is -0.456. The molecule has 0 heterocycles. The molecule has 0 aliphatic rings. The van der Waals surface area contributed by atoms with E-state index in [4.69, 9.17) is 0 Å². The maximum Gasteiger partial charge on any atom is 0.414 e. The molecule has 0 aromatic heterocycles. The van der Waals surface area contributed by atoms with E-state index in [0.29, 0.717) is 0 Å². The highest BCUT2D eigenvalue weighted by molar-refractivity contribution is 5.89. The number of rotatable bonds is 1. The normalized spacial score (nSPS) is 9.71. The van der Waals surface area contributed by atoms with E-state index < -0.39 is 6.09 Å². The van der Waals surface area contributed by atoms with Gasteiger partial charge < -0.3 is 4.74 Å². The van der Waals surface area contributed by atoms with Crippen LogP contribution in [0.5, 0.6) is 0 Å². The Kier molecular flexibility index (Phi) is 3.12. The number of hydrogen-bond donors (Lipinski definition) is 0. The molecule has 14 heavy (non-hydrogen) atoms. The third-order valence-corrected chi connectivity index (χ3v) is 2.10. The van der Waals surface area contributed by atoms with Crippen molar-refractivity contribution in [1.82, 2.24) is 0 Å². The van der Waals surface area contributed by atoms with E-state index in [2.05, 4.69) is 11.8 Å². The summed E-state index contributed by atoms with van der Waals surface area (Å²) in [5.74, 6) is 0. The molecule has 0 aliphatic carbocycles. The number of carbonyl (C=O) groups is 1. The lowest BCUT2D eigenvalue weighted by atomic mass is 10.1. The molecule has 0 spiro atoms. The summed E-state index contributed by atoms with van der Waals surface area (Å²) in [7, 11) is 5.00. The number of aryl methyl sites for hydroxylation is 2. The van der Waals surface area contributed by atoms with E-state index in [-0.39, 0.29) is 0 Å². The molecule has 75 valence electrons. The summed E-state index contributed by atoms with van der Waals surface area (Å²) in [6.45, 7) is 3.87. The van der Waals surface area contributed by atoms with E-state index >= 15 is 0 Å². The standard InChI is InChI=1S/C11H14NO2/c1-8-6-5-7-9(2)10(8)12(3)11(13)14-4/h5-7H,3H2,1-2,4H3. The molecule has 0 saturated carbocycles. The van der Waals surface area contributed by atoms with Crippen LogP contribution in [-0.2, 0) is 4.74 Å². The molecular formula is C11H14NO2. The van der Waals surface area contributed by atoms with Gasteiger partial charge in [-0.3, -0.25) is 4.90 Å². The number of para-hydroxylation sites is 1. The Morgan fingerprint density at radius 3 is 2.29 bits per heavy atom. The van der Waals surface area contributed by atoms with Gasteiger partial charge >= 0.3 is 6.09 Å². The molecule has 3 nitrogen and oxygen atoms in total. The van der Waals surface area contributed by atoms with Gasteiger partial charge in [0.05, 0.1) is 12.8 Å². The predicted octanol–water partition coefficient (Wildman–Crippen LogP) is 2.67. The van der Waals surface area contributed by atoms with Crippen LogP contribution in [0, 0.1) is 20.9 Å². The van der Waals surface area contributed by atoms with Crippen molar-refractivity contribution in [2.75, 3.05) is 12.0 Å². The van der Waals surface area contributed by atoms with Crippen LogP contribution in [0.25, 0.3) is 0 Å². The molecule has 1 radical (unpaired) electrons. The van der Waals surface area contributed by atoms with Gasteiger partial charge in [0.2, 0.25) is 0 Å². The average Bonchev–Trinajstić information content (AvgIpc) is 2.16. The van der Waals surface area contributed by atoms with Gasteiger partial charge in [0, 0.05) is 7.05 Å². The molecule has 0 fully saturated rings. The van der Waals surface area contributed by atoms with Crippen molar-refractivity contribution in [2.24, 2.45) is 0 Å². The van der Waals surface area contributed by atoms with Crippen LogP contribution in [0.2, 0.25) is 0 Å². The van der Waals surface area contributed by atoms with Crippen molar-refractivity contribution in [2.45, 2.75) is 13.8 Å². The smallest absolute Gasteiger partial charge is 0.414 e. The number of methoxy groups -OCH3 is 1. The highest BCUT2D eigenvalue weighted by atomic mass is 16.5. The summed E-state index contributed by atoms with van der Waals surface area (Å²) in [5.41, 5.74) is 2.81. The Morgan fingerprint density at radius 1 is 1.36 bits per heavy atom. The summed E-state index contributed by atoms with van der Waals surface area (Å²) < 4.78 is 4.60. The Morgan fingerprint density at radius 2 is 1.86 bits per heavy atom. The second-order valence-electron chi connectivity index (χ2n) is 3.14. The molecule has 1 amide bonds. The fourth-order valence-corrected chi connectivity index (χ4v) is 1.43. The molecule has 1 rings (SSSR count). The van der Waals surface area contributed by atoms with E-state index in [1.165, 1.54) is 12.0 Å². The quantitative estimate of drug-likeness (QED) is 0.684. The first-order valence-corrected chi connectivity index (χ1v) is 4.32. The Labute approximate surface area is 84.3 Å². The van der Waals surface area contributed by atoms with Crippen molar-refractivity contribution in [3.8, 4) is 0 Å². The highest BCUT2D eigenvalue weighted by Gasteiger charge is 2.14. The van der Waals surface area contributed by atoms with E-state index in [1.54, 1.807) is 0 Å². The fourth-order valence-electron chi connectivity index (χ4n) is 1.43. The largest absolute Gasteiger partial charge is 0.452 e. The first kappa shape index (κ1) is 10.6. The van der Waals surface area contributed by atoms with Crippen LogP contribution < -0.4 is 4.90 Å². The van der Waals surface area contributed by atoms with Crippen LogP contribution in [0.4, 0.5) is 10.5 Å². The Balaban J connectivity index is 3.11. The summed E-state index contributed by atoms with van der Waals surface area (Å²) in [6, 6.07) is 5.81. The molecule has 1 aromatic carbocycles. The predicted molar refractivity (Wildman–Crippen MR) is 56.2 cm³/mol. The zero-order chi connectivity index (χ0) is 10.7. The van der Waals surface area contributed by atoms with Crippen molar-refractivity contribution in [1.29, 1.82) is 0 Å². The molecule has 0 bridgehead atoms. The molecule has 1 aromatic rings. The number of amides is 1. The lowest BCUT2D eigenvalue weighted by molar-refractivity contribution is 0.181. The lowest BCUT2D eigenvalue weighted by Gasteiger charge is -2.19. The Bertz CT molecular complexity index is 327. The number of hydrogen-bond acceptors (Lipinski definition) is 2. The maximum absolute atomic E-state index is 11.3. The lowest BCUT2D eigenvalue weighted by Crippen LogP contribution is -2.25. The van der Waals surface area contributed by atoms with Gasteiger partial charge in [-0.1, -0.05) is 18.2 Å². The summed E-state index contributed by atoms with van der Waals surface area (Å²) >= 11 is 0. The first-order valence-electron chi connectivity index (χ1n) is 4.32. The van der Waals surface area contributed by atoms with E-state index in [1.807, 2.05) is 32.0 Å². The summed E-state index contributed by atoms with van der Waals surface area (Å²) in [6.07, 6.45) is -0.456. The van der Waals surface area contributed by atoms with Crippen LogP contribution in [0.15, 0.2) is 18.2 Å². The number of ether oxygens (including phenoxy) is 1. The Hall–Kier alpha value is -1.51. The first-order chi connectivity index (χ1) is 6.57. The second kappa shape index (κ2) is 4.13. The minimum Gasteiger partial charge on any atom is -0.452 e. The van der Waals surface area contributed by atoms with Gasteiger partial charge in [-0.25, -0.2) is 4.79 Å². The van der Waals surface area contributed by atoms with Gasteiger partial charge in [-0.05, 0) is 25.0 Å². The number of benzene rings is 1. The zero-order valence-corrected chi connectivity index (χ0v) is 8.70. The van der Waals surface area contributed by atoms with E-state index in [0.717, 1.165) is 16.8 Å². The van der Waals surface area contributed by atoms with Crippen molar-refractivity contribution in [3.05, 3.63) is 36.4 Å². The topological polar surface area (TPSA) is 29.5 Å². The van der Waals surface area contributed by atoms with Crippen molar-refractivity contribution >= 4 is 11.8 Å². The summed E-state index contributed by atoms with van der Waals surface area (Å²) in [5, 5.41) is 0. The van der Waals surface area contributed by atoms with Gasteiger partial charge in [-0.15, -0.1) is 0 Å². The zero-order valence-electron chi connectivity index (χ0n) is 8.70. The molecule has 0 unspecified atom stereocenters. The minimum absolute atomic E-state index is 0.456. The maximum atomic E-state index is 11.3. The third-order valence-electron chi connectivity index (χ3n) is 2.10. The van der Waals surface area contributed by atoms with Crippen molar-refractivity contribution < 1.29 is 9.53 Å². The van der Waals surface area contributed by atoms with E-state index in [9.17, 15) is 4.79 Å². The van der Waals surface area contributed by atoms with Gasteiger partial charge in [0.1, 0.15) is 0 Å². The number of carbonyl (C=O) groups excluding carboxylic acids is 1. The van der Waals surface area contributed by atoms with Crippen molar-refractivity contribution in [3.63, 3.8) is 0 Å². The molecule has 0 N–H and O–H groups in total. The van der Waals surface area contributed by atoms with Gasteiger partial charge in [0.25, 0.3) is 0 Å². The number of nitrogens with zero attached hydrogens (tertiary/aromatic N) is 1. The SMILES string of the molecule is [CH2]N(C(=O)OC)c1c(C)cccc1C. The molecule has 0 atom stereocenters. The van der Waals surface area contributed by atoms with Crippen LogP contribution in [0.1, 0.15) is 11.1 Å². The van der Waals surface area contributed by atoms with Gasteiger partial charge in [-0.2, -0.15) is 0 Å². The number of anilines is 1. The van der Waals surface area contributed by atoms with Crippen LogP contribution in [0.3, 0.4) is 0 Å². The van der Waals surface area contributed by atoms with Crippen LogP contribution >= 0.6 is 0 Å². The average molecular weight is 192 g/mol.